The van der Waals surface area contributed by atoms with Crippen LogP contribution in [-0.4, -0.2) is 75.2 Å². The van der Waals surface area contributed by atoms with E-state index in [0.29, 0.717) is 34.9 Å². The number of rotatable bonds is 7. The standard InChI is InChI=1S/C27H48BrN5O.C2H6.CH4O/c1-4-6-20-26-21(5-2)32(16(3)19-10-12-25(28)30-27(19)29)14-13-23(26)33(31-20)22-11-9-18(15-24(22)34)17-7-8-17;2*1-2/h17-27,30-31,34H,3-15,29H2,1-2H3;1-2H3;2H,1H3/t18?,19?,20?,21-,22?,23?,24?,25?,26?,27?;;/m0../s1. The van der Waals surface area contributed by atoms with E-state index in [1.54, 1.807) is 0 Å². The Morgan fingerprint density at radius 3 is 2.26 bits per heavy atom. The number of fused-ring (bicyclic) bond motifs is 1. The largest absolute Gasteiger partial charge is 0.400 e. The monoisotopic (exact) mass is 599 g/mol. The highest BCUT2D eigenvalue weighted by atomic mass is 79.9. The number of aliphatic hydroxyl groups excluding tert-OH is 2. The van der Waals surface area contributed by atoms with Crippen molar-refractivity contribution in [2.24, 2.45) is 29.4 Å². The molecule has 8 heteroatoms. The Bertz CT molecular complexity index is 725. The molecular weight excluding hydrogens is 542 g/mol. The first-order valence-electron chi connectivity index (χ1n) is 15.7. The molecule has 10 atom stereocenters. The van der Waals surface area contributed by atoms with E-state index < -0.39 is 0 Å². The summed E-state index contributed by atoms with van der Waals surface area (Å²) < 4.78 is 0. The maximum absolute atomic E-state index is 11.2. The molecule has 5 rings (SSSR count). The number of halogens is 1. The third kappa shape index (κ3) is 6.97. The summed E-state index contributed by atoms with van der Waals surface area (Å²) in [5.74, 6) is 2.54. The average Bonchev–Trinajstić information content (AvgIpc) is 3.73. The van der Waals surface area contributed by atoms with Crippen LogP contribution >= 0.6 is 15.9 Å². The zero-order chi connectivity index (χ0) is 28.0. The summed E-state index contributed by atoms with van der Waals surface area (Å²) in [6.45, 7) is 14.3. The third-order valence-corrected chi connectivity index (χ3v) is 10.6. The Labute approximate surface area is 241 Å². The van der Waals surface area contributed by atoms with E-state index in [4.69, 9.17) is 10.8 Å². The zero-order valence-corrected chi connectivity index (χ0v) is 26.4. The number of hydrogen-bond donors (Lipinski definition) is 5. The summed E-state index contributed by atoms with van der Waals surface area (Å²) in [7, 11) is 1.00. The Kier molecular flexibility index (Phi) is 12.9. The van der Waals surface area contributed by atoms with Crippen molar-refractivity contribution in [3.63, 3.8) is 0 Å². The number of aliphatic hydroxyl groups is 2. The zero-order valence-electron chi connectivity index (χ0n) is 24.8. The first kappa shape index (κ1) is 32.3. The van der Waals surface area contributed by atoms with Gasteiger partial charge in [0.2, 0.25) is 0 Å². The van der Waals surface area contributed by atoms with Crippen LogP contribution in [0, 0.1) is 23.7 Å². The second-order valence-corrected chi connectivity index (χ2v) is 13.0. The Morgan fingerprint density at radius 2 is 1.68 bits per heavy atom. The summed E-state index contributed by atoms with van der Waals surface area (Å²) in [5, 5.41) is 24.3. The van der Waals surface area contributed by atoms with E-state index in [2.05, 4.69) is 57.0 Å². The third-order valence-electron chi connectivity index (χ3n) is 9.91. The molecule has 0 spiro atoms. The van der Waals surface area contributed by atoms with Gasteiger partial charge >= 0.3 is 0 Å². The summed E-state index contributed by atoms with van der Waals surface area (Å²) in [4.78, 5) is 2.94. The fraction of sp³-hybridized carbons (Fsp3) is 0.933. The SMILES string of the molecule is C=C(C1CCC(Br)NC1N)N1CCC2C(C(CCC)NN2C2CCC(C3CC3)CC2O)[C@@H]1CC.CC.CO. The molecule has 0 bridgehead atoms. The number of alkyl halides is 1. The average molecular weight is 601 g/mol. The number of hydrogen-bond acceptors (Lipinski definition) is 7. The van der Waals surface area contributed by atoms with E-state index >= 15 is 0 Å². The van der Waals surface area contributed by atoms with Crippen molar-refractivity contribution in [1.82, 2.24) is 20.7 Å². The Hall–Kier alpha value is -0.220. The highest BCUT2D eigenvalue weighted by molar-refractivity contribution is 9.09. The molecule has 5 aliphatic rings. The van der Waals surface area contributed by atoms with Crippen LogP contribution < -0.4 is 16.5 Å². The van der Waals surface area contributed by atoms with Gasteiger partial charge in [-0.3, -0.25) is 10.7 Å². The van der Waals surface area contributed by atoms with E-state index in [1.165, 1.54) is 37.8 Å². The van der Waals surface area contributed by atoms with Crippen LogP contribution in [0.5, 0.6) is 0 Å². The minimum absolute atomic E-state index is 0.0395. The first-order chi connectivity index (χ1) is 18.4. The minimum atomic E-state index is -0.190. The molecular formula is C30H58BrN5O2. The maximum atomic E-state index is 11.2. The number of nitrogens with one attached hydrogen (secondary N) is 2. The van der Waals surface area contributed by atoms with Gasteiger partial charge in [0.15, 0.2) is 0 Å². The van der Waals surface area contributed by atoms with Crippen LogP contribution in [0.15, 0.2) is 12.3 Å². The quantitative estimate of drug-likeness (QED) is 0.216. The van der Waals surface area contributed by atoms with E-state index in [0.717, 1.165) is 64.0 Å². The molecule has 0 aromatic rings. The molecule has 3 aliphatic heterocycles. The van der Waals surface area contributed by atoms with Crippen LogP contribution in [0.1, 0.15) is 98.3 Å². The molecule has 38 heavy (non-hydrogen) atoms. The molecule has 2 saturated carbocycles. The molecule has 5 fully saturated rings. The van der Waals surface area contributed by atoms with Crippen LogP contribution in [0.3, 0.4) is 0 Å². The van der Waals surface area contributed by atoms with Crippen LogP contribution in [-0.2, 0) is 0 Å². The summed E-state index contributed by atoms with van der Waals surface area (Å²) in [6.07, 6.45) is 12.8. The Morgan fingerprint density at radius 1 is 1.00 bits per heavy atom. The summed E-state index contributed by atoms with van der Waals surface area (Å²) in [6, 6.07) is 1.74. The lowest BCUT2D eigenvalue weighted by Gasteiger charge is -2.50. The molecule has 0 aromatic carbocycles. The molecule has 2 aliphatic carbocycles. The topological polar surface area (TPSA) is 97.0 Å². The van der Waals surface area contributed by atoms with Gasteiger partial charge in [-0.1, -0.05) is 56.6 Å². The highest BCUT2D eigenvalue weighted by Crippen LogP contribution is 2.47. The van der Waals surface area contributed by atoms with Crippen molar-refractivity contribution in [1.29, 1.82) is 0 Å². The molecule has 6 N–H and O–H groups in total. The van der Waals surface area contributed by atoms with Gasteiger partial charge in [0.1, 0.15) is 0 Å². The van der Waals surface area contributed by atoms with Gasteiger partial charge in [0.05, 0.1) is 23.3 Å². The second-order valence-electron chi connectivity index (χ2n) is 11.9. The molecule has 0 amide bonds. The first-order valence-corrected chi connectivity index (χ1v) is 16.6. The van der Waals surface area contributed by atoms with Crippen LogP contribution in [0.25, 0.3) is 0 Å². The van der Waals surface area contributed by atoms with E-state index in [1.807, 2.05) is 13.8 Å². The lowest BCUT2D eigenvalue weighted by molar-refractivity contribution is -0.0447. The fourth-order valence-corrected chi connectivity index (χ4v) is 8.64. The van der Waals surface area contributed by atoms with Crippen molar-refractivity contribution >= 4 is 15.9 Å². The lowest BCUT2D eigenvalue weighted by atomic mass is 9.76. The number of piperidine rings is 2. The maximum Gasteiger partial charge on any atom is 0.0712 e. The molecule has 9 unspecified atom stereocenters. The minimum Gasteiger partial charge on any atom is -0.400 e. The van der Waals surface area contributed by atoms with Gasteiger partial charge in [-0.05, 0) is 76.0 Å². The number of nitrogens with two attached hydrogens (primary N) is 1. The van der Waals surface area contributed by atoms with Gasteiger partial charge in [-0.25, -0.2) is 5.01 Å². The molecule has 0 radical (unpaired) electrons. The molecule has 0 aromatic heterocycles. The lowest BCUT2D eigenvalue weighted by Crippen LogP contribution is -2.59. The van der Waals surface area contributed by atoms with Crippen LogP contribution in [0.4, 0.5) is 0 Å². The van der Waals surface area contributed by atoms with Gasteiger partial charge in [0, 0.05) is 49.3 Å². The smallest absolute Gasteiger partial charge is 0.0712 e. The van der Waals surface area contributed by atoms with Crippen molar-refractivity contribution in [3.8, 4) is 0 Å². The summed E-state index contributed by atoms with van der Waals surface area (Å²) in [5.41, 5.74) is 11.8. The predicted octanol–water partition coefficient (Wildman–Crippen LogP) is 4.54. The molecule has 3 heterocycles. The number of hydrazine groups is 1. The summed E-state index contributed by atoms with van der Waals surface area (Å²) >= 11 is 3.68. The second kappa shape index (κ2) is 15.1. The van der Waals surface area contributed by atoms with E-state index in [-0.39, 0.29) is 18.3 Å². The van der Waals surface area contributed by atoms with Gasteiger partial charge < -0.3 is 20.8 Å². The van der Waals surface area contributed by atoms with E-state index in [9.17, 15) is 5.11 Å². The highest BCUT2D eigenvalue weighted by Gasteiger charge is 2.53. The molecule has 7 nitrogen and oxygen atoms in total. The molecule has 3 saturated heterocycles. The fourth-order valence-electron chi connectivity index (χ4n) is 8.07. The van der Waals surface area contributed by atoms with Crippen molar-refractivity contribution in [3.05, 3.63) is 12.3 Å². The Balaban J connectivity index is 0.000000956. The van der Waals surface area contributed by atoms with Crippen molar-refractivity contribution < 1.29 is 10.2 Å². The van der Waals surface area contributed by atoms with Crippen molar-refractivity contribution in [2.45, 2.75) is 140 Å². The van der Waals surface area contributed by atoms with Gasteiger partial charge in [0.25, 0.3) is 0 Å². The predicted molar refractivity (Wildman–Crippen MR) is 161 cm³/mol. The van der Waals surface area contributed by atoms with Gasteiger partial charge in [-0.2, -0.15) is 0 Å². The molecule has 222 valence electrons. The van der Waals surface area contributed by atoms with Crippen molar-refractivity contribution in [2.75, 3.05) is 13.7 Å². The number of nitrogens with zero attached hydrogens (tertiary/aromatic N) is 2. The van der Waals surface area contributed by atoms with Gasteiger partial charge in [-0.15, -0.1) is 0 Å². The number of likely N-dealkylation sites (tertiary alicyclic amines) is 1. The van der Waals surface area contributed by atoms with Crippen LogP contribution in [0.2, 0.25) is 0 Å². The normalized spacial score (nSPS) is 41.3.